The van der Waals surface area contributed by atoms with Crippen LogP contribution in [0.1, 0.15) is 24.1 Å². The average molecular weight is 304 g/mol. The molecule has 1 aliphatic rings. The molecule has 0 amide bonds. The third kappa shape index (κ3) is 4.25. The van der Waals surface area contributed by atoms with E-state index < -0.39 is 10.0 Å². The Morgan fingerprint density at radius 1 is 1.32 bits per heavy atom. The molecule has 1 fully saturated rings. The van der Waals surface area contributed by atoms with Crippen molar-refractivity contribution in [3.05, 3.63) is 17.0 Å². The van der Waals surface area contributed by atoms with Gasteiger partial charge in [0, 0.05) is 11.4 Å². The van der Waals surface area contributed by atoms with Crippen LogP contribution in [0.3, 0.4) is 0 Å². The SMILES string of the molecule is O=S(=O)(NCCCN1CCCC1)c1ccc(CO)s1. The van der Waals surface area contributed by atoms with Crippen LogP contribution in [0.2, 0.25) is 0 Å². The molecule has 2 rings (SSSR count). The Kier molecular flexibility index (Phi) is 5.35. The number of hydrogen-bond acceptors (Lipinski definition) is 5. The Labute approximate surface area is 118 Å². The summed E-state index contributed by atoms with van der Waals surface area (Å²) < 4.78 is 26.8. The second-order valence-corrected chi connectivity index (χ2v) is 7.84. The van der Waals surface area contributed by atoms with Gasteiger partial charge in [-0.05, 0) is 51.0 Å². The summed E-state index contributed by atoms with van der Waals surface area (Å²) in [5.41, 5.74) is 0. The standard InChI is InChI=1S/C12H20N2O3S2/c15-10-11-4-5-12(18-11)19(16,17)13-6-3-9-14-7-1-2-8-14/h4-5,13,15H,1-3,6-10H2. The van der Waals surface area contributed by atoms with E-state index in [2.05, 4.69) is 9.62 Å². The van der Waals surface area contributed by atoms with Gasteiger partial charge in [0.15, 0.2) is 0 Å². The molecule has 0 bridgehead atoms. The number of rotatable bonds is 7. The fraction of sp³-hybridized carbons (Fsp3) is 0.667. The minimum Gasteiger partial charge on any atom is -0.391 e. The van der Waals surface area contributed by atoms with E-state index in [4.69, 9.17) is 5.11 Å². The lowest BCUT2D eigenvalue weighted by atomic mass is 10.4. The Hall–Kier alpha value is -0.470. The van der Waals surface area contributed by atoms with E-state index in [0.717, 1.165) is 37.4 Å². The highest BCUT2D eigenvalue weighted by atomic mass is 32.2. The normalized spacial score (nSPS) is 17.1. The highest BCUT2D eigenvalue weighted by Crippen LogP contribution is 2.21. The molecule has 2 N–H and O–H groups in total. The van der Waals surface area contributed by atoms with Crippen LogP contribution >= 0.6 is 11.3 Å². The zero-order valence-electron chi connectivity index (χ0n) is 10.8. The van der Waals surface area contributed by atoms with Gasteiger partial charge in [-0.1, -0.05) is 0 Å². The van der Waals surface area contributed by atoms with Crippen LogP contribution < -0.4 is 4.72 Å². The van der Waals surface area contributed by atoms with Gasteiger partial charge in [0.05, 0.1) is 6.61 Å². The minimum absolute atomic E-state index is 0.116. The van der Waals surface area contributed by atoms with Gasteiger partial charge < -0.3 is 10.0 Å². The average Bonchev–Trinajstić information content (AvgIpc) is 3.05. The second-order valence-electron chi connectivity index (χ2n) is 4.68. The quantitative estimate of drug-likeness (QED) is 0.738. The lowest BCUT2D eigenvalue weighted by Crippen LogP contribution is -2.28. The number of hydrogen-bond donors (Lipinski definition) is 2. The summed E-state index contributed by atoms with van der Waals surface area (Å²) in [6.45, 7) is 3.57. The highest BCUT2D eigenvalue weighted by molar-refractivity contribution is 7.91. The molecule has 0 aliphatic carbocycles. The highest BCUT2D eigenvalue weighted by Gasteiger charge is 2.16. The van der Waals surface area contributed by atoms with Crippen LogP contribution in [-0.4, -0.2) is 44.6 Å². The van der Waals surface area contributed by atoms with Crippen LogP contribution in [0.15, 0.2) is 16.3 Å². The Bertz CT molecular complexity index is 493. The van der Waals surface area contributed by atoms with Gasteiger partial charge >= 0.3 is 0 Å². The van der Waals surface area contributed by atoms with E-state index in [-0.39, 0.29) is 10.8 Å². The van der Waals surface area contributed by atoms with Crippen LogP contribution in [0, 0.1) is 0 Å². The van der Waals surface area contributed by atoms with Gasteiger partial charge in [-0.3, -0.25) is 0 Å². The van der Waals surface area contributed by atoms with Crippen molar-refractivity contribution < 1.29 is 13.5 Å². The molecule has 0 aromatic carbocycles. The van der Waals surface area contributed by atoms with Crippen LogP contribution in [-0.2, 0) is 16.6 Å². The monoisotopic (exact) mass is 304 g/mol. The van der Waals surface area contributed by atoms with E-state index >= 15 is 0 Å². The third-order valence-corrected chi connectivity index (χ3v) is 6.22. The number of sulfonamides is 1. The molecule has 0 atom stereocenters. The minimum atomic E-state index is -3.41. The zero-order valence-corrected chi connectivity index (χ0v) is 12.5. The molecule has 0 saturated carbocycles. The van der Waals surface area contributed by atoms with Crippen LogP contribution in [0.25, 0.3) is 0 Å². The largest absolute Gasteiger partial charge is 0.391 e. The zero-order chi connectivity index (χ0) is 13.7. The van der Waals surface area contributed by atoms with Crippen molar-refractivity contribution in [3.63, 3.8) is 0 Å². The summed E-state index contributed by atoms with van der Waals surface area (Å²) in [4.78, 5) is 3.03. The first-order valence-corrected chi connectivity index (χ1v) is 8.83. The summed E-state index contributed by atoms with van der Waals surface area (Å²) in [7, 11) is -3.41. The molecule has 0 spiro atoms. The predicted octanol–water partition coefficient (Wildman–Crippen LogP) is 1.00. The van der Waals surface area contributed by atoms with Crippen LogP contribution in [0.4, 0.5) is 0 Å². The maximum Gasteiger partial charge on any atom is 0.250 e. The number of thiophene rings is 1. The Balaban J connectivity index is 1.77. The predicted molar refractivity (Wildman–Crippen MR) is 75.7 cm³/mol. The molecular weight excluding hydrogens is 284 g/mol. The number of nitrogens with one attached hydrogen (secondary N) is 1. The lowest BCUT2D eigenvalue weighted by molar-refractivity contribution is 0.285. The van der Waals surface area contributed by atoms with Gasteiger partial charge in [0.2, 0.25) is 10.0 Å². The van der Waals surface area contributed by atoms with E-state index in [0.29, 0.717) is 11.4 Å². The number of aliphatic hydroxyl groups excluding tert-OH is 1. The molecule has 7 heteroatoms. The Morgan fingerprint density at radius 2 is 2.05 bits per heavy atom. The van der Waals surface area contributed by atoms with E-state index in [1.54, 1.807) is 12.1 Å². The molecule has 108 valence electrons. The fourth-order valence-corrected chi connectivity index (χ4v) is 4.51. The molecule has 19 heavy (non-hydrogen) atoms. The molecule has 1 aliphatic heterocycles. The summed E-state index contributed by atoms with van der Waals surface area (Å²) in [6.07, 6.45) is 3.34. The number of aliphatic hydroxyl groups is 1. The second kappa shape index (κ2) is 6.81. The van der Waals surface area contributed by atoms with Crippen LogP contribution in [0.5, 0.6) is 0 Å². The van der Waals surface area contributed by atoms with Gasteiger partial charge in [-0.15, -0.1) is 11.3 Å². The fourth-order valence-electron chi connectivity index (χ4n) is 2.17. The summed E-state index contributed by atoms with van der Waals surface area (Å²) in [6, 6.07) is 3.18. The summed E-state index contributed by atoms with van der Waals surface area (Å²) in [5, 5.41) is 8.94. The van der Waals surface area contributed by atoms with Gasteiger partial charge in [-0.25, -0.2) is 13.1 Å². The van der Waals surface area contributed by atoms with Crippen molar-refractivity contribution in [1.82, 2.24) is 9.62 Å². The van der Waals surface area contributed by atoms with Crippen molar-refractivity contribution >= 4 is 21.4 Å². The first-order valence-electron chi connectivity index (χ1n) is 6.53. The van der Waals surface area contributed by atoms with Crippen molar-refractivity contribution in [3.8, 4) is 0 Å². The number of likely N-dealkylation sites (tertiary alicyclic amines) is 1. The molecule has 1 aromatic rings. The van der Waals surface area contributed by atoms with Crippen molar-refractivity contribution in [2.24, 2.45) is 0 Å². The van der Waals surface area contributed by atoms with Crippen molar-refractivity contribution in [2.45, 2.75) is 30.1 Å². The van der Waals surface area contributed by atoms with Gasteiger partial charge in [0.1, 0.15) is 4.21 Å². The first-order chi connectivity index (χ1) is 9.12. The Morgan fingerprint density at radius 3 is 2.68 bits per heavy atom. The first kappa shape index (κ1) is 14.9. The maximum atomic E-state index is 12.0. The molecule has 1 saturated heterocycles. The summed E-state index contributed by atoms with van der Waals surface area (Å²) >= 11 is 1.11. The topological polar surface area (TPSA) is 69.6 Å². The molecule has 5 nitrogen and oxygen atoms in total. The van der Waals surface area contributed by atoms with E-state index in [1.807, 2.05) is 0 Å². The smallest absolute Gasteiger partial charge is 0.250 e. The van der Waals surface area contributed by atoms with Gasteiger partial charge in [0.25, 0.3) is 0 Å². The van der Waals surface area contributed by atoms with E-state index in [1.165, 1.54) is 12.8 Å². The third-order valence-electron chi connectivity index (χ3n) is 3.20. The number of nitrogens with zero attached hydrogens (tertiary/aromatic N) is 1. The molecule has 0 unspecified atom stereocenters. The van der Waals surface area contributed by atoms with Crippen molar-refractivity contribution in [2.75, 3.05) is 26.2 Å². The molecule has 0 radical (unpaired) electrons. The summed E-state index contributed by atoms with van der Waals surface area (Å²) in [5.74, 6) is 0. The van der Waals surface area contributed by atoms with Crippen molar-refractivity contribution in [1.29, 1.82) is 0 Å². The molecule has 1 aromatic heterocycles. The van der Waals surface area contributed by atoms with Gasteiger partial charge in [-0.2, -0.15) is 0 Å². The lowest BCUT2D eigenvalue weighted by Gasteiger charge is -2.14. The van der Waals surface area contributed by atoms with E-state index in [9.17, 15) is 8.42 Å². The molecule has 2 heterocycles. The molecular formula is C12H20N2O3S2. The maximum absolute atomic E-state index is 12.0.